The molecular weight excluding hydrogens is 282 g/mol. The lowest BCUT2D eigenvalue weighted by Gasteiger charge is -2.22. The van der Waals surface area contributed by atoms with Gasteiger partial charge in [0.25, 0.3) is 5.91 Å². The van der Waals surface area contributed by atoms with Gasteiger partial charge in [-0.2, -0.15) is 10.1 Å². The van der Waals surface area contributed by atoms with Crippen LogP contribution in [0.3, 0.4) is 0 Å². The van der Waals surface area contributed by atoms with E-state index in [1.165, 1.54) is 0 Å². The van der Waals surface area contributed by atoms with Crippen molar-refractivity contribution in [2.24, 2.45) is 0 Å². The van der Waals surface area contributed by atoms with Crippen LogP contribution in [0, 0.1) is 0 Å². The van der Waals surface area contributed by atoms with Crippen LogP contribution >= 0.6 is 0 Å². The predicted octanol–water partition coefficient (Wildman–Crippen LogP) is 1.55. The van der Waals surface area contributed by atoms with E-state index >= 15 is 0 Å². The van der Waals surface area contributed by atoms with Gasteiger partial charge in [0.1, 0.15) is 11.7 Å². The molecule has 7 heteroatoms. The molecular formula is C15H11N5O2. The van der Waals surface area contributed by atoms with Gasteiger partial charge >= 0.3 is 0 Å². The molecule has 3 heterocycles. The first-order valence-electron chi connectivity index (χ1n) is 6.82. The van der Waals surface area contributed by atoms with Crippen molar-refractivity contribution in [2.45, 2.75) is 12.5 Å². The van der Waals surface area contributed by atoms with Crippen molar-refractivity contribution in [1.82, 2.24) is 25.7 Å². The average molecular weight is 293 g/mol. The molecule has 0 saturated carbocycles. The summed E-state index contributed by atoms with van der Waals surface area (Å²) in [4.78, 5) is 16.4. The van der Waals surface area contributed by atoms with Crippen LogP contribution < -0.4 is 5.32 Å². The average Bonchev–Trinajstić information content (AvgIpc) is 3.06. The lowest BCUT2D eigenvalue weighted by molar-refractivity contribution is 0.0915. The highest BCUT2D eigenvalue weighted by atomic mass is 16.5. The van der Waals surface area contributed by atoms with E-state index in [0.717, 1.165) is 5.56 Å². The van der Waals surface area contributed by atoms with E-state index in [2.05, 4.69) is 25.7 Å². The molecule has 22 heavy (non-hydrogen) atoms. The third kappa shape index (κ3) is 2.12. The Bertz CT molecular complexity index is 831. The Morgan fingerprint density at radius 2 is 2.09 bits per heavy atom. The van der Waals surface area contributed by atoms with Crippen molar-refractivity contribution in [3.05, 3.63) is 59.6 Å². The quantitative estimate of drug-likeness (QED) is 0.770. The van der Waals surface area contributed by atoms with Gasteiger partial charge < -0.3 is 9.84 Å². The van der Waals surface area contributed by atoms with Crippen molar-refractivity contribution >= 4 is 5.91 Å². The minimum Gasteiger partial charge on any atom is -0.340 e. The molecule has 0 bridgehead atoms. The van der Waals surface area contributed by atoms with Crippen LogP contribution in [0.15, 0.2) is 47.1 Å². The molecule has 0 saturated heterocycles. The number of carbonyl (C=O) groups excluding carboxylic acids is 1. The first-order chi connectivity index (χ1) is 10.8. The second-order valence-electron chi connectivity index (χ2n) is 4.95. The Morgan fingerprint density at radius 1 is 1.18 bits per heavy atom. The zero-order valence-corrected chi connectivity index (χ0v) is 11.4. The fourth-order valence-corrected chi connectivity index (χ4v) is 2.48. The molecule has 3 aromatic rings. The second kappa shape index (κ2) is 5.03. The molecule has 1 amide bonds. The van der Waals surface area contributed by atoms with Gasteiger partial charge in [0.05, 0.1) is 0 Å². The van der Waals surface area contributed by atoms with Crippen molar-refractivity contribution in [3.8, 4) is 11.5 Å². The standard InChI is InChI=1S/C15H11N5O2/c21-14-10-5-2-1-4-9(10)8-12(17-14)15-18-13(20-22-15)11-6-3-7-16-19-11/h1-7,12H,8H2,(H,17,21)/t12-/m0/s1. The molecule has 1 aliphatic heterocycles. The molecule has 4 rings (SSSR count). The molecule has 0 aliphatic carbocycles. The minimum atomic E-state index is -0.333. The van der Waals surface area contributed by atoms with Crippen molar-refractivity contribution in [3.63, 3.8) is 0 Å². The van der Waals surface area contributed by atoms with Gasteiger partial charge in [0, 0.05) is 18.2 Å². The van der Waals surface area contributed by atoms with E-state index < -0.39 is 0 Å². The van der Waals surface area contributed by atoms with Crippen LogP contribution in [0.4, 0.5) is 0 Å². The van der Waals surface area contributed by atoms with Crippen molar-refractivity contribution in [1.29, 1.82) is 0 Å². The van der Waals surface area contributed by atoms with Gasteiger partial charge in [-0.25, -0.2) is 0 Å². The summed E-state index contributed by atoms with van der Waals surface area (Å²) in [5.74, 6) is 0.589. The van der Waals surface area contributed by atoms with E-state index in [-0.39, 0.29) is 11.9 Å². The van der Waals surface area contributed by atoms with Gasteiger partial charge in [-0.15, -0.1) is 5.10 Å². The third-order valence-corrected chi connectivity index (χ3v) is 3.53. The predicted molar refractivity (Wildman–Crippen MR) is 75.7 cm³/mol. The lowest BCUT2D eigenvalue weighted by Crippen LogP contribution is -2.35. The molecule has 2 aromatic heterocycles. The highest BCUT2D eigenvalue weighted by molar-refractivity contribution is 5.97. The largest absolute Gasteiger partial charge is 0.340 e. The molecule has 7 nitrogen and oxygen atoms in total. The third-order valence-electron chi connectivity index (χ3n) is 3.53. The number of nitrogens with zero attached hydrogens (tertiary/aromatic N) is 4. The van der Waals surface area contributed by atoms with Crippen LogP contribution in [0.2, 0.25) is 0 Å². The maximum Gasteiger partial charge on any atom is 0.252 e. The smallest absolute Gasteiger partial charge is 0.252 e. The van der Waals surface area contributed by atoms with Crippen LogP contribution in [0.25, 0.3) is 11.5 Å². The van der Waals surface area contributed by atoms with E-state index in [1.54, 1.807) is 24.4 Å². The Morgan fingerprint density at radius 3 is 2.95 bits per heavy atom. The zero-order valence-electron chi connectivity index (χ0n) is 11.4. The van der Waals surface area contributed by atoms with Gasteiger partial charge in [-0.3, -0.25) is 4.79 Å². The van der Waals surface area contributed by atoms with Gasteiger partial charge in [0.2, 0.25) is 11.7 Å². The van der Waals surface area contributed by atoms with Crippen molar-refractivity contribution in [2.75, 3.05) is 0 Å². The molecule has 0 spiro atoms. The maximum atomic E-state index is 12.1. The fourth-order valence-electron chi connectivity index (χ4n) is 2.48. The summed E-state index contributed by atoms with van der Waals surface area (Å²) in [6, 6.07) is 10.7. The summed E-state index contributed by atoms with van der Waals surface area (Å²) in [6.07, 6.45) is 2.19. The molecule has 0 radical (unpaired) electrons. The minimum absolute atomic E-state index is 0.133. The van der Waals surface area contributed by atoms with E-state index in [1.807, 2.05) is 18.2 Å². The summed E-state index contributed by atoms with van der Waals surface area (Å²) >= 11 is 0. The zero-order chi connectivity index (χ0) is 14.9. The molecule has 1 aliphatic rings. The number of benzene rings is 1. The number of amides is 1. The number of rotatable bonds is 2. The lowest BCUT2D eigenvalue weighted by atomic mass is 9.95. The molecule has 1 N–H and O–H groups in total. The summed E-state index contributed by atoms with van der Waals surface area (Å²) < 4.78 is 5.28. The Balaban J connectivity index is 1.64. The number of fused-ring (bicyclic) bond motifs is 1. The Hall–Kier alpha value is -3.09. The van der Waals surface area contributed by atoms with Gasteiger partial charge in [-0.1, -0.05) is 23.4 Å². The molecule has 108 valence electrons. The van der Waals surface area contributed by atoms with Crippen LogP contribution in [0.1, 0.15) is 27.9 Å². The molecule has 0 fully saturated rings. The second-order valence-corrected chi connectivity index (χ2v) is 4.95. The Labute approximate surface area is 125 Å². The topological polar surface area (TPSA) is 93.8 Å². The SMILES string of the molecule is O=C1N[C@H](c2nc(-c3cccnn3)no2)Cc2ccccc21. The van der Waals surface area contributed by atoms with Crippen LogP contribution in [-0.4, -0.2) is 26.2 Å². The maximum absolute atomic E-state index is 12.1. The Kier molecular flexibility index (Phi) is 2.89. The van der Waals surface area contributed by atoms with E-state index in [0.29, 0.717) is 29.4 Å². The van der Waals surface area contributed by atoms with E-state index in [9.17, 15) is 4.79 Å². The molecule has 0 unspecified atom stereocenters. The number of carbonyl (C=O) groups is 1. The molecule has 1 aromatic carbocycles. The highest BCUT2D eigenvalue weighted by Gasteiger charge is 2.29. The van der Waals surface area contributed by atoms with Crippen LogP contribution in [-0.2, 0) is 6.42 Å². The number of aromatic nitrogens is 4. The first kappa shape index (κ1) is 12.6. The summed E-state index contributed by atoms with van der Waals surface area (Å²) in [6.45, 7) is 0. The fraction of sp³-hybridized carbons (Fsp3) is 0.133. The number of nitrogens with one attached hydrogen (secondary N) is 1. The van der Waals surface area contributed by atoms with Crippen LogP contribution in [0.5, 0.6) is 0 Å². The summed E-state index contributed by atoms with van der Waals surface area (Å²) in [5, 5.41) is 14.5. The number of hydrogen-bond donors (Lipinski definition) is 1. The summed E-state index contributed by atoms with van der Waals surface area (Å²) in [7, 11) is 0. The highest BCUT2D eigenvalue weighted by Crippen LogP contribution is 2.25. The monoisotopic (exact) mass is 293 g/mol. The number of hydrogen-bond acceptors (Lipinski definition) is 6. The van der Waals surface area contributed by atoms with Crippen molar-refractivity contribution < 1.29 is 9.32 Å². The summed E-state index contributed by atoms with van der Waals surface area (Å²) in [5.41, 5.74) is 2.18. The molecule has 1 atom stereocenters. The normalized spacial score (nSPS) is 16.9. The van der Waals surface area contributed by atoms with E-state index in [4.69, 9.17) is 4.52 Å². The first-order valence-corrected chi connectivity index (χ1v) is 6.82. The van der Waals surface area contributed by atoms with Gasteiger partial charge in [0.15, 0.2) is 0 Å². The van der Waals surface area contributed by atoms with Gasteiger partial charge in [-0.05, 0) is 23.8 Å².